The third-order valence-electron chi connectivity index (χ3n) is 9.04. The monoisotopic (exact) mass is 640 g/mol. The van der Waals surface area contributed by atoms with Crippen molar-refractivity contribution >= 4 is 5.91 Å². The zero-order chi connectivity index (χ0) is 33.3. The van der Waals surface area contributed by atoms with Crippen LogP contribution < -0.4 is 5.32 Å². The van der Waals surface area contributed by atoms with Crippen LogP contribution in [0.15, 0.2) is 133 Å². The van der Waals surface area contributed by atoms with E-state index in [4.69, 9.17) is 9.47 Å². The Labute approximate surface area is 284 Å². The summed E-state index contributed by atoms with van der Waals surface area (Å²) in [6, 6.07) is 45.9. The van der Waals surface area contributed by atoms with Crippen LogP contribution in [-0.2, 0) is 40.5 Å². The van der Waals surface area contributed by atoms with Gasteiger partial charge in [0.1, 0.15) is 0 Å². The van der Waals surface area contributed by atoms with Crippen LogP contribution in [0, 0.1) is 5.92 Å². The molecule has 6 rings (SSSR count). The maximum absolute atomic E-state index is 11.4. The Hall–Kier alpha value is -4.59. The molecule has 6 nitrogen and oxygen atoms in total. The summed E-state index contributed by atoms with van der Waals surface area (Å²) in [5.41, 5.74) is 8.64. The van der Waals surface area contributed by atoms with E-state index >= 15 is 0 Å². The molecule has 0 spiro atoms. The number of nitrogens with zero attached hydrogens (tertiary/aromatic N) is 1. The van der Waals surface area contributed by atoms with E-state index in [0.29, 0.717) is 6.54 Å². The molecule has 1 saturated heterocycles. The van der Waals surface area contributed by atoms with Gasteiger partial charge in [-0.05, 0) is 45.0 Å². The van der Waals surface area contributed by atoms with E-state index in [9.17, 15) is 9.90 Å². The number of benzene rings is 5. The van der Waals surface area contributed by atoms with Gasteiger partial charge in [-0.25, -0.2) is 0 Å². The fourth-order valence-corrected chi connectivity index (χ4v) is 6.37. The van der Waals surface area contributed by atoms with E-state index < -0.39 is 6.29 Å². The smallest absolute Gasteiger partial charge is 0.217 e. The highest BCUT2D eigenvalue weighted by atomic mass is 16.7. The van der Waals surface area contributed by atoms with Crippen LogP contribution in [0.25, 0.3) is 11.1 Å². The first-order valence-corrected chi connectivity index (χ1v) is 16.7. The Kier molecular flexibility index (Phi) is 11.1. The largest absolute Gasteiger partial charge is 0.392 e. The first-order chi connectivity index (χ1) is 23.4. The molecule has 6 heteroatoms. The lowest BCUT2D eigenvalue weighted by molar-refractivity contribution is -0.276. The Morgan fingerprint density at radius 1 is 0.688 bits per heavy atom. The van der Waals surface area contributed by atoms with Gasteiger partial charge in [-0.3, -0.25) is 9.69 Å². The minimum absolute atomic E-state index is 0.00610. The maximum atomic E-state index is 11.4. The highest BCUT2D eigenvalue weighted by Gasteiger charge is 2.39. The van der Waals surface area contributed by atoms with Gasteiger partial charge in [-0.2, -0.15) is 0 Å². The van der Waals surface area contributed by atoms with Crippen molar-refractivity contribution in [1.82, 2.24) is 10.2 Å². The van der Waals surface area contributed by atoms with Gasteiger partial charge in [0, 0.05) is 44.6 Å². The standard InChI is InChI=1S/C42H44N2O4/c1-30-40(28-44(26-32-10-5-3-6-11-32)27-33-12-7-4-8-13-33)47-42(48-41(30)37-18-16-34(29-45)17-19-37)38-22-20-36(21-23-38)39-15-9-14-35(24-39)25-43-31(2)46/h3-24,30,40-42,45H,25-29H2,1-2H3,(H,43,46)/t30-,40+,41+,42+/m1/s1. The van der Waals surface area contributed by atoms with Crippen molar-refractivity contribution in [3.8, 4) is 11.1 Å². The van der Waals surface area contributed by atoms with E-state index in [1.54, 1.807) is 0 Å². The van der Waals surface area contributed by atoms with Crippen molar-refractivity contribution < 1.29 is 19.4 Å². The molecule has 2 N–H and O–H groups in total. The molecule has 0 bridgehead atoms. The minimum Gasteiger partial charge on any atom is -0.392 e. The molecule has 5 aromatic carbocycles. The summed E-state index contributed by atoms with van der Waals surface area (Å²) in [7, 11) is 0. The van der Waals surface area contributed by atoms with Crippen LogP contribution in [0.5, 0.6) is 0 Å². The van der Waals surface area contributed by atoms with Gasteiger partial charge in [0.25, 0.3) is 0 Å². The van der Waals surface area contributed by atoms with Crippen LogP contribution in [-0.4, -0.2) is 28.6 Å². The summed E-state index contributed by atoms with van der Waals surface area (Å²) in [6.07, 6.45) is -0.852. The lowest BCUT2D eigenvalue weighted by Crippen LogP contribution is -2.44. The van der Waals surface area contributed by atoms with E-state index in [1.807, 2.05) is 24.3 Å². The SMILES string of the molecule is CC(=O)NCc1cccc(-c2ccc([C@H]3O[C@@H](CN(Cc4ccccc4)Cc4ccccc4)[C@@H](C)[C@@H](c4ccc(CO)cc4)O3)cc2)c1. The molecule has 0 aromatic heterocycles. The average Bonchev–Trinajstić information content (AvgIpc) is 3.13. The number of ether oxygens (including phenoxy) is 2. The predicted molar refractivity (Wildman–Crippen MR) is 189 cm³/mol. The average molecular weight is 641 g/mol. The number of nitrogens with one attached hydrogen (secondary N) is 1. The normalized spacial score (nSPS) is 19.2. The molecular weight excluding hydrogens is 596 g/mol. The molecule has 1 aliphatic heterocycles. The first-order valence-electron chi connectivity index (χ1n) is 16.7. The number of aliphatic hydroxyl groups excluding tert-OH is 1. The number of carbonyl (C=O) groups excluding carboxylic acids is 1. The van der Waals surface area contributed by atoms with Crippen molar-refractivity contribution in [2.24, 2.45) is 5.92 Å². The third-order valence-corrected chi connectivity index (χ3v) is 9.04. The first kappa shape index (κ1) is 33.3. The van der Waals surface area contributed by atoms with Crippen molar-refractivity contribution in [2.75, 3.05) is 6.54 Å². The summed E-state index contributed by atoms with van der Waals surface area (Å²) in [5.74, 6) is 0.0247. The van der Waals surface area contributed by atoms with E-state index in [0.717, 1.165) is 53.0 Å². The van der Waals surface area contributed by atoms with Gasteiger partial charge in [0.15, 0.2) is 6.29 Å². The maximum Gasteiger partial charge on any atom is 0.217 e. The highest BCUT2D eigenvalue weighted by Crippen LogP contribution is 2.42. The second-order valence-corrected chi connectivity index (χ2v) is 12.7. The Morgan fingerprint density at radius 2 is 1.29 bits per heavy atom. The van der Waals surface area contributed by atoms with Crippen molar-refractivity contribution in [3.05, 3.63) is 167 Å². The number of hydrogen-bond acceptors (Lipinski definition) is 5. The van der Waals surface area contributed by atoms with Crippen molar-refractivity contribution in [2.45, 2.75) is 58.6 Å². The predicted octanol–water partition coefficient (Wildman–Crippen LogP) is 7.98. The fraction of sp³-hybridized carbons (Fsp3) is 0.262. The van der Waals surface area contributed by atoms with Crippen molar-refractivity contribution in [1.29, 1.82) is 0 Å². The molecule has 0 unspecified atom stereocenters. The second kappa shape index (κ2) is 16.0. The zero-order valence-electron chi connectivity index (χ0n) is 27.7. The zero-order valence-corrected chi connectivity index (χ0v) is 27.7. The number of rotatable bonds is 12. The Bertz CT molecular complexity index is 1700. The summed E-state index contributed by atoms with van der Waals surface area (Å²) < 4.78 is 13.6. The van der Waals surface area contributed by atoms with Crippen LogP contribution in [0.2, 0.25) is 0 Å². The van der Waals surface area contributed by atoms with Gasteiger partial charge in [0.05, 0.1) is 18.8 Å². The molecule has 1 fully saturated rings. The van der Waals surface area contributed by atoms with Gasteiger partial charge in [-0.15, -0.1) is 0 Å². The van der Waals surface area contributed by atoms with Gasteiger partial charge >= 0.3 is 0 Å². The highest BCUT2D eigenvalue weighted by molar-refractivity contribution is 5.73. The Balaban J connectivity index is 1.27. The number of hydrogen-bond donors (Lipinski definition) is 2. The lowest BCUT2D eigenvalue weighted by atomic mass is 9.89. The second-order valence-electron chi connectivity index (χ2n) is 12.7. The summed E-state index contributed by atoms with van der Waals surface area (Å²) in [4.78, 5) is 13.9. The van der Waals surface area contributed by atoms with Gasteiger partial charge in [-0.1, -0.05) is 134 Å². The van der Waals surface area contributed by atoms with Gasteiger partial charge < -0.3 is 19.9 Å². The summed E-state index contributed by atoms with van der Waals surface area (Å²) >= 11 is 0. The molecule has 246 valence electrons. The van der Waals surface area contributed by atoms with Crippen LogP contribution in [0.3, 0.4) is 0 Å². The number of aliphatic hydroxyl groups is 1. The topological polar surface area (TPSA) is 71.0 Å². The molecule has 1 amide bonds. The van der Waals surface area contributed by atoms with Crippen molar-refractivity contribution in [3.63, 3.8) is 0 Å². The van der Waals surface area contributed by atoms with Gasteiger partial charge in [0.2, 0.25) is 5.91 Å². The molecule has 0 radical (unpaired) electrons. The molecule has 4 atom stereocenters. The molecule has 1 heterocycles. The lowest BCUT2D eigenvalue weighted by Gasteiger charge is -2.43. The van der Waals surface area contributed by atoms with Crippen LogP contribution in [0.4, 0.5) is 0 Å². The van der Waals surface area contributed by atoms with E-state index in [2.05, 4.69) is 126 Å². The summed E-state index contributed by atoms with van der Waals surface area (Å²) in [5, 5.41) is 12.5. The number of amides is 1. The Morgan fingerprint density at radius 3 is 1.90 bits per heavy atom. The van der Waals surface area contributed by atoms with E-state index in [-0.39, 0.29) is 30.6 Å². The number of carbonyl (C=O) groups is 1. The summed E-state index contributed by atoms with van der Waals surface area (Å²) in [6.45, 7) is 6.59. The third kappa shape index (κ3) is 8.65. The molecule has 0 aliphatic carbocycles. The van der Waals surface area contributed by atoms with Crippen LogP contribution in [0.1, 0.15) is 59.6 Å². The molecular formula is C42H44N2O4. The van der Waals surface area contributed by atoms with Crippen LogP contribution >= 0.6 is 0 Å². The minimum atomic E-state index is -0.552. The van der Waals surface area contributed by atoms with E-state index in [1.165, 1.54) is 18.1 Å². The molecule has 0 saturated carbocycles. The molecule has 1 aliphatic rings. The fourth-order valence-electron chi connectivity index (χ4n) is 6.37. The quantitative estimate of drug-likeness (QED) is 0.145. The molecule has 48 heavy (non-hydrogen) atoms. The molecule has 5 aromatic rings.